The second-order valence-corrected chi connectivity index (χ2v) is 8.41. The van der Waals surface area contributed by atoms with Gasteiger partial charge in [-0.25, -0.2) is 0 Å². The lowest BCUT2D eigenvalue weighted by atomic mass is 10.1. The van der Waals surface area contributed by atoms with Crippen molar-refractivity contribution in [3.05, 3.63) is 50.9 Å². The zero-order chi connectivity index (χ0) is 18.0. The van der Waals surface area contributed by atoms with Gasteiger partial charge in [-0.2, -0.15) is 11.8 Å². The van der Waals surface area contributed by atoms with Crippen molar-refractivity contribution in [2.24, 2.45) is 0 Å². The van der Waals surface area contributed by atoms with Crippen molar-refractivity contribution in [1.29, 1.82) is 0 Å². The molecule has 0 unspecified atom stereocenters. The van der Waals surface area contributed by atoms with Gasteiger partial charge in [0.05, 0.1) is 10.0 Å². The first-order valence-electron chi connectivity index (χ1n) is 8.42. The molecule has 6 heteroatoms. The Morgan fingerprint density at radius 1 is 1.24 bits per heavy atom. The predicted molar refractivity (Wildman–Crippen MR) is 108 cm³/mol. The van der Waals surface area contributed by atoms with E-state index in [1.165, 1.54) is 17.1 Å². The van der Waals surface area contributed by atoms with Crippen LogP contribution in [0, 0.1) is 20.8 Å². The normalized spacial score (nSPS) is 15.4. The molecule has 0 saturated carbocycles. The van der Waals surface area contributed by atoms with Crippen LogP contribution in [0.1, 0.15) is 33.0 Å². The molecule has 1 saturated heterocycles. The number of nitrogens with one attached hydrogen (secondary N) is 1. The van der Waals surface area contributed by atoms with Crippen molar-refractivity contribution in [3.8, 4) is 0 Å². The molecule has 25 heavy (non-hydrogen) atoms. The van der Waals surface area contributed by atoms with Gasteiger partial charge in [-0.3, -0.25) is 9.69 Å². The Morgan fingerprint density at radius 3 is 2.60 bits per heavy atom. The number of halogens is 1. The summed E-state index contributed by atoms with van der Waals surface area (Å²) < 4.78 is 6.27. The lowest BCUT2D eigenvalue weighted by molar-refractivity contribution is 0.102. The number of benzene rings is 1. The number of furan rings is 1. The fraction of sp³-hybridized carbons (Fsp3) is 0.421. The van der Waals surface area contributed by atoms with E-state index in [9.17, 15) is 4.79 Å². The van der Waals surface area contributed by atoms with Crippen LogP contribution in [0.5, 0.6) is 0 Å². The van der Waals surface area contributed by atoms with Crippen LogP contribution in [0.25, 0.3) is 0 Å². The van der Waals surface area contributed by atoms with E-state index in [1.54, 1.807) is 0 Å². The molecule has 1 aromatic heterocycles. The second kappa shape index (κ2) is 7.98. The zero-order valence-corrected chi connectivity index (χ0v) is 17.2. The van der Waals surface area contributed by atoms with E-state index in [0.29, 0.717) is 11.3 Å². The molecule has 0 radical (unpaired) electrons. The van der Waals surface area contributed by atoms with Crippen LogP contribution >= 0.6 is 27.7 Å². The van der Waals surface area contributed by atoms with Gasteiger partial charge in [-0.05, 0) is 53.9 Å². The largest absolute Gasteiger partial charge is 0.465 e. The van der Waals surface area contributed by atoms with Gasteiger partial charge in [0.1, 0.15) is 11.5 Å². The molecule has 134 valence electrons. The van der Waals surface area contributed by atoms with Crippen molar-refractivity contribution in [1.82, 2.24) is 4.90 Å². The Balaban J connectivity index is 1.77. The summed E-state index contributed by atoms with van der Waals surface area (Å²) in [6.45, 7) is 8.85. The molecule has 1 fully saturated rings. The molecule has 1 amide bonds. The number of thioether (sulfide) groups is 1. The number of aryl methyl sites for hydroxylation is 3. The van der Waals surface area contributed by atoms with Crippen LogP contribution < -0.4 is 5.32 Å². The Morgan fingerprint density at radius 2 is 1.96 bits per heavy atom. The van der Waals surface area contributed by atoms with Crippen LogP contribution in [-0.2, 0) is 6.54 Å². The minimum atomic E-state index is -0.143. The number of carbonyl (C=O) groups is 1. The molecule has 2 heterocycles. The van der Waals surface area contributed by atoms with E-state index >= 15 is 0 Å². The van der Waals surface area contributed by atoms with Gasteiger partial charge < -0.3 is 9.73 Å². The molecule has 1 aliphatic rings. The highest BCUT2D eigenvalue weighted by Crippen LogP contribution is 2.29. The standard InChI is InChI=1S/C19H23BrN2O2S/c1-12-4-5-15(11-22-6-8-25-9-7-22)10-16(12)21-19(23)17-13(2)24-14(3)18(17)20/h4-5,10H,6-9,11H2,1-3H3,(H,21,23). The number of anilines is 1. The van der Waals surface area contributed by atoms with Crippen molar-refractivity contribution in [2.45, 2.75) is 27.3 Å². The molecular formula is C19H23BrN2O2S. The van der Waals surface area contributed by atoms with Crippen LogP contribution in [0.2, 0.25) is 0 Å². The molecule has 1 aliphatic heterocycles. The Kier molecular flexibility index (Phi) is 5.92. The number of rotatable bonds is 4. The van der Waals surface area contributed by atoms with Crippen molar-refractivity contribution in [3.63, 3.8) is 0 Å². The third-order valence-corrected chi connectivity index (χ3v) is 6.37. The van der Waals surface area contributed by atoms with E-state index in [4.69, 9.17) is 4.42 Å². The molecule has 0 atom stereocenters. The number of hydrogen-bond donors (Lipinski definition) is 1. The quantitative estimate of drug-likeness (QED) is 0.770. The average Bonchev–Trinajstić information content (AvgIpc) is 2.84. The number of carbonyl (C=O) groups excluding carboxylic acids is 1. The Labute approximate surface area is 161 Å². The summed E-state index contributed by atoms with van der Waals surface area (Å²) in [6.07, 6.45) is 0. The maximum atomic E-state index is 12.7. The number of hydrogen-bond acceptors (Lipinski definition) is 4. The molecule has 0 bridgehead atoms. The molecule has 1 aromatic carbocycles. The summed E-state index contributed by atoms with van der Waals surface area (Å²) in [6, 6.07) is 6.31. The first-order chi connectivity index (χ1) is 12.0. The molecule has 4 nitrogen and oxygen atoms in total. The van der Waals surface area contributed by atoms with Gasteiger partial charge in [0, 0.05) is 36.8 Å². The maximum Gasteiger partial charge on any atom is 0.260 e. The first-order valence-corrected chi connectivity index (χ1v) is 10.4. The van der Waals surface area contributed by atoms with Crippen LogP contribution in [0.15, 0.2) is 27.1 Å². The van der Waals surface area contributed by atoms with E-state index in [1.807, 2.05) is 32.5 Å². The minimum Gasteiger partial charge on any atom is -0.465 e. The summed E-state index contributed by atoms with van der Waals surface area (Å²) in [5.41, 5.74) is 3.71. The molecular weight excluding hydrogens is 400 g/mol. The maximum absolute atomic E-state index is 12.7. The van der Waals surface area contributed by atoms with Gasteiger partial charge in [-0.1, -0.05) is 12.1 Å². The smallest absolute Gasteiger partial charge is 0.260 e. The molecule has 1 N–H and O–H groups in total. The topological polar surface area (TPSA) is 45.5 Å². The monoisotopic (exact) mass is 422 g/mol. The van der Waals surface area contributed by atoms with E-state index in [-0.39, 0.29) is 5.91 Å². The van der Waals surface area contributed by atoms with Gasteiger partial charge in [0.25, 0.3) is 5.91 Å². The number of nitrogens with zero attached hydrogens (tertiary/aromatic N) is 1. The molecule has 0 spiro atoms. The van der Waals surface area contributed by atoms with Crippen LogP contribution in [0.4, 0.5) is 5.69 Å². The average molecular weight is 423 g/mol. The Hall–Kier alpha value is -1.24. The van der Waals surface area contributed by atoms with Crippen LogP contribution in [-0.4, -0.2) is 35.4 Å². The minimum absolute atomic E-state index is 0.143. The molecule has 0 aliphatic carbocycles. The highest BCUT2D eigenvalue weighted by molar-refractivity contribution is 9.10. The zero-order valence-electron chi connectivity index (χ0n) is 14.8. The fourth-order valence-corrected chi connectivity index (χ4v) is 4.54. The van der Waals surface area contributed by atoms with Gasteiger partial charge in [0.15, 0.2) is 0 Å². The van der Waals surface area contributed by atoms with Gasteiger partial charge in [0.2, 0.25) is 0 Å². The van der Waals surface area contributed by atoms with E-state index in [0.717, 1.165) is 41.1 Å². The highest BCUT2D eigenvalue weighted by atomic mass is 79.9. The summed E-state index contributed by atoms with van der Waals surface area (Å²) >= 11 is 5.46. The summed E-state index contributed by atoms with van der Waals surface area (Å²) in [4.78, 5) is 15.2. The first kappa shape index (κ1) is 18.5. The summed E-state index contributed by atoms with van der Waals surface area (Å²) in [5, 5.41) is 3.05. The van der Waals surface area contributed by atoms with Crippen molar-refractivity contribution < 1.29 is 9.21 Å². The lowest BCUT2D eigenvalue weighted by Gasteiger charge is -2.26. The fourth-order valence-electron chi connectivity index (χ4n) is 3.02. The van der Waals surface area contributed by atoms with E-state index < -0.39 is 0 Å². The van der Waals surface area contributed by atoms with Crippen LogP contribution in [0.3, 0.4) is 0 Å². The molecule has 3 rings (SSSR count). The highest BCUT2D eigenvalue weighted by Gasteiger charge is 2.20. The summed E-state index contributed by atoms with van der Waals surface area (Å²) in [7, 11) is 0. The third-order valence-electron chi connectivity index (χ3n) is 4.47. The second-order valence-electron chi connectivity index (χ2n) is 6.40. The third kappa shape index (κ3) is 4.30. The predicted octanol–water partition coefficient (Wildman–Crippen LogP) is 4.77. The van der Waals surface area contributed by atoms with Gasteiger partial charge >= 0.3 is 0 Å². The molecule has 2 aromatic rings. The van der Waals surface area contributed by atoms with Crippen molar-refractivity contribution >= 4 is 39.3 Å². The SMILES string of the molecule is Cc1ccc(CN2CCSCC2)cc1NC(=O)c1c(C)oc(C)c1Br. The Bertz CT molecular complexity index is 782. The lowest BCUT2D eigenvalue weighted by Crippen LogP contribution is -2.32. The van der Waals surface area contributed by atoms with Gasteiger partial charge in [-0.15, -0.1) is 0 Å². The number of amides is 1. The summed E-state index contributed by atoms with van der Waals surface area (Å²) in [5.74, 6) is 3.60. The van der Waals surface area contributed by atoms with Crippen molar-refractivity contribution in [2.75, 3.05) is 29.9 Å². The van der Waals surface area contributed by atoms with E-state index in [2.05, 4.69) is 44.3 Å².